The number of methoxy groups -OCH3 is 1. The molecule has 0 radical (unpaired) electrons. The van der Waals surface area contributed by atoms with Gasteiger partial charge in [0.1, 0.15) is 28.4 Å². The number of esters is 2. The van der Waals surface area contributed by atoms with Crippen molar-refractivity contribution >= 4 is 40.3 Å². The largest absolute Gasteiger partial charge is 0.482 e. The number of aryl methyl sites for hydroxylation is 1. The van der Waals surface area contributed by atoms with E-state index >= 15 is 0 Å². The highest BCUT2D eigenvalue weighted by Gasteiger charge is 2.27. The lowest BCUT2D eigenvalue weighted by Gasteiger charge is -2.36. The molecule has 0 atom stereocenters. The van der Waals surface area contributed by atoms with E-state index in [1.807, 2.05) is 74.7 Å². The van der Waals surface area contributed by atoms with Crippen LogP contribution in [0.3, 0.4) is 0 Å². The van der Waals surface area contributed by atoms with Crippen molar-refractivity contribution in [3.63, 3.8) is 0 Å². The highest BCUT2D eigenvalue weighted by molar-refractivity contribution is 6.03. The number of hydrogen-bond acceptors (Lipinski definition) is 12. The Morgan fingerprint density at radius 3 is 2.36 bits per heavy atom. The third kappa shape index (κ3) is 6.68. The molecule has 1 aliphatic rings. The number of nitrogens with zero attached hydrogens (tertiary/aromatic N) is 8. The summed E-state index contributed by atoms with van der Waals surface area (Å²) in [5.74, 6) is 0.330. The molecule has 4 aromatic heterocycles. The van der Waals surface area contributed by atoms with Gasteiger partial charge in [-0.3, -0.25) is 9.88 Å². The van der Waals surface area contributed by atoms with Gasteiger partial charge in [0.25, 0.3) is 0 Å². The number of aromatic nitrogens is 6. The second-order valence-electron chi connectivity index (χ2n) is 12.4. The van der Waals surface area contributed by atoms with Gasteiger partial charge in [0.15, 0.2) is 12.3 Å². The molecular weight excluding hydrogens is 602 g/mol. The predicted molar refractivity (Wildman–Crippen MR) is 176 cm³/mol. The van der Waals surface area contributed by atoms with Gasteiger partial charge < -0.3 is 29.4 Å². The normalized spacial score (nSPS) is 14.1. The monoisotopic (exact) mass is 641 g/mol. The van der Waals surface area contributed by atoms with E-state index in [0.717, 1.165) is 31.9 Å². The third-order valence-corrected chi connectivity index (χ3v) is 8.01. The molecule has 1 aliphatic heterocycles. The summed E-state index contributed by atoms with van der Waals surface area (Å²) in [4.78, 5) is 43.5. The van der Waals surface area contributed by atoms with Crippen LogP contribution in [0.25, 0.3) is 28.2 Å². The fourth-order valence-electron chi connectivity index (χ4n) is 5.82. The zero-order valence-electron chi connectivity index (χ0n) is 27.3. The first-order valence-corrected chi connectivity index (χ1v) is 15.5. The van der Waals surface area contributed by atoms with Gasteiger partial charge in [-0.25, -0.2) is 14.6 Å². The molecule has 1 fully saturated rings. The molecule has 2 N–H and O–H groups in total. The van der Waals surface area contributed by atoms with Gasteiger partial charge in [0.2, 0.25) is 11.8 Å². The van der Waals surface area contributed by atoms with Crippen molar-refractivity contribution in [2.75, 3.05) is 57.1 Å². The maximum atomic E-state index is 13.1. The molecule has 47 heavy (non-hydrogen) atoms. The second kappa shape index (κ2) is 12.9. The van der Waals surface area contributed by atoms with Crippen molar-refractivity contribution in [3.05, 3.63) is 59.9 Å². The first-order valence-electron chi connectivity index (χ1n) is 15.5. The zero-order chi connectivity index (χ0) is 33.3. The molecule has 0 spiro atoms. The average Bonchev–Trinajstić information content (AvgIpc) is 3.62. The summed E-state index contributed by atoms with van der Waals surface area (Å²) >= 11 is 0. The van der Waals surface area contributed by atoms with Crippen LogP contribution in [0.4, 0.5) is 11.6 Å². The molecule has 14 heteroatoms. The molecule has 0 aliphatic carbocycles. The molecule has 6 rings (SSSR count). The van der Waals surface area contributed by atoms with E-state index in [2.05, 4.69) is 24.9 Å². The quantitative estimate of drug-likeness (QED) is 0.235. The molecule has 246 valence electrons. The number of benzene rings is 1. The summed E-state index contributed by atoms with van der Waals surface area (Å²) in [6.07, 6.45) is 1.68. The Hall–Kier alpha value is -5.24. The minimum Gasteiger partial charge on any atom is -0.482 e. The van der Waals surface area contributed by atoms with Crippen LogP contribution in [0.1, 0.15) is 36.8 Å². The lowest BCUT2D eigenvalue weighted by atomic mass is 10.2. The van der Waals surface area contributed by atoms with Gasteiger partial charge in [-0.1, -0.05) is 6.07 Å². The van der Waals surface area contributed by atoms with E-state index in [1.165, 1.54) is 11.6 Å². The number of carbonyl (C=O) groups excluding carboxylic acids is 2. The molecule has 0 bridgehead atoms. The van der Waals surface area contributed by atoms with Crippen LogP contribution >= 0.6 is 0 Å². The Bertz CT molecular complexity index is 1900. The fraction of sp³-hybridized carbons (Fsp3) is 0.394. The van der Waals surface area contributed by atoms with E-state index in [9.17, 15) is 9.59 Å². The van der Waals surface area contributed by atoms with Crippen LogP contribution in [0.5, 0.6) is 5.75 Å². The smallest absolute Gasteiger partial charge is 0.355 e. The lowest BCUT2D eigenvalue weighted by molar-refractivity contribution is -0.157. The predicted octanol–water partition coefficient (Wildman–Crippen LogP) is 3.36. The minimum atomic E-state index is -0.550. The Morgan fingerprint density at radius 1 is 0.957 bits per heavy atom. The van der Waals surface area contributed by atoms with E-state index in [-0.39, 0.29) is 12.6 Å². The molecule has 0 unspecified atom stereocenters. The van der Waals surface area contributed by atoms with Crippen molar-refractivity contribution in [2.45, 2.75) is 39.8 Å². The first-order chi connectivity index (χ1) is 22.5. The fourth-order valence-corrected chi connectivity index (χ4v) is 5.82. The van der Waals surface area contributed by atoms with Crippen LogP contribution in [0.15, 0.2) is 48.7 Å². The lowest BCUT2D eigenvalue weighted by Crippen LogP contribution is -2.47. The van der Waals surface area contributed by atoms with Crippen LogP contribution in [0.2, 0.25) is 0 Å². The van der Waals surface area contributed by atoms with Gasteiger partial charge >= 0.3 is 11.9 Å². The average molecular weight is 642 g/mol. The van der Waals surface area contributed by atoms with E-state index in [0.29, 0.717) is 58.3 Å². The van der Waals surface area contributed by atoms with Gasteiger partial charge in [-0.05, 0) is 69.7 Å². The number of hydrogen-bond donors (Lipinski definition) is 1. The first kappa shape index (κ1) is 31.7. The maximum Gasteiger partial charge on any atom is 0.355 e. The summed E-state index contributed by atoms with van der Waals surface area (Å²) in [6.45, 7) is 11.7. The van der Waals surface area contributed by atoms with Gasteiger partial charge in [0.05, 0.1) is 12.5 Å². The molecule has 1 saturated heterocycles. The number of rotatable bonds is 9. The van der Waals surface area contributed by atoms with Crippen LogP contribution in [-0.4, -0.2) is 98.0 Å². The van der Waals surface area contributed by atoms with Gasteiger partial charge in [-0.15, -0.1) is 5.10 Å². The number of nitrogens with two attached hydrogens (primary N) is 1. The van der Waals surface area contributed by atoms with Crippen molar-refractivity contribution in [2.24, 2.45) is 0 Å². The number of pyridine rings is 1. The SMILES string of the molecule is COC(=O)c1c(C)c2c(nc(N)n3nc(-c4ccccn4)nc23)n1CCN1CCN(c2ccc(OCC(=O)OC(C)(C)C)cc2)CC1. The summed E-state index contributed by atoms with van der Waals surface area (Å²) in [7, 11) is 1.37. The van der Waals surface area contributed by atoms with Gasteiger partial charge in [0, 0.05) is 51.2 Å². The summed E-state index contributed by atoms with van der Waals surface area (Å²) in [5, 5.41) is 5.25. The Balaban J connectivity index is 1.15. The minimum absolute atomic E-state index is 0.138. The van der Waals surface area contributed by atoms with Crippen molar-refractivity contribution < 1.29 is 23.8 Å². The molecule has 5 heterocycles. The number of fused-ring (bicyclic) bond motifs is 3. The molecule has 14 nitrogen and oxygen atoms in total. The van der Waals surface area contributed by atoms with Crippen LogP contribution < -0.4 is 15.4 Å². The summed E-state index contributed by atoms with van der Waals surface area (Å²) < 4.78 is 19.5. The van der Waals surface area contributed by atoms with E-state index in [4.69, 9.17) is 24.9 Å². The second-order valence-corrected chi connectivity index (χ2v) is 12.4. The molecular formula is C33H39N9O5. The molecule has 0 saturated carbocycles. The maximum absolute atomic E-state index is 13.1. The number of anilines is 2. The number of piperazine rings is 1. The highest BCUT2D eigenvalue weighted by atomic mass is 16.6. The Morgan fingerprint density at radius 2 is 1.70 bits per heavy atom. The summed E-state index contributed by atoms with van der Waals surface area (Å²) in [6, 6.07) is 13.2. The number of carbonyl (C=O) groups is 2. The third-order valence-electron chi connectivity index (χ3n) is 8.01. The zero-order valence-corrected chi connectivity index (χ0v) is 27.3. The molecule has 5 aromatic rings. The van der Waals surface area contributed by atoms with Crippen LogP contribution in [0, 0.1) is 6.92 Å². The number of ether oxygens (including phenoxy) is 3. The van der Waals surface area contributed by atoms with Crippen molar-refractivity contribution in [3.8, 4) is 17.3 Å². The van der Waals surface area contributed by atoms with Crippen molar-refractivity contribution in [1.29, 1.82) is 0 Å². The Kier molecular flexibility index (Phi) is 8.69. The molecule has 1 aromatic carbocycles. The van der Waals surface area contributed by atoms with Gasteiger partial charge in [-0.2, -0.15) is 9.50 Å². The number of nitrogen functional groups attached to an aromatic ring is 1. The highest BCUT2D eigenvalue weighted by Crippen LogP contribution is 2.31. The van der Waals surface area contributed by atoms with Crippen molar-refractivity contribution in [1.82, 2.24) is 34.0 Å². The standard InChI is InChI=1S/C33H39N9O5/c1-21-26-29(37-32(34)42-30(26)36-28(38-42)24-8-6-7-13-35-24)41(27(21)31(44)45-5)19-16-39-14-17-40(18-15-39)22-9-11-23(12-10-22)46-20-25(43)47-33(2,3)4/h6-13H,14-20H2,1-5H3,(H2,34,37). The van der Waals surface area contributed by atoms with Crippen LogP contribution in [-0.2, 0) is 20.8 Å². The Labute approximate surface area is 272 Å². The molecule has 0 amide bonds. The van der Waals surface area contributed by atoms with E-state index in [1.54, 1.807) is 6.20 Å². The topological polar surface area (TPSA) is 155 Å². The summed E-state index contributed by atoms with van der Waals surface area (Å²) in [5.41, 5.74) is 9.69. The van der Waals surface area contributed by atoms with E-state index < -0.39 is 17.5 Å².